The first-order valence-electron chi connectivity index (χ1n) is 12.9. The Bertz CT molecular complexity index is 1320. The summed E-state index contributed by atoms with van der Waals surface area (Å²) >= 11 is 6.70. The first-order chi connectivity index (χ1) is 17.8. The lowest BCUT2D eigenvalue weighted by molar-refractivity contribution is -0.117. The molecular weight excluding hydrogens is 490 g/mol. The van der Waals surface area contributed by atoms with E-state index in [-0.39, 0.29) is 29.2 Å². The monoisotopic (exact) mass is 521 g/mol. The summed E-state index contributed by atoms with van der Waals surface area (Å²) in [4.78, 5) is 26.5. The van der Waals surface area contributed by atoms with Crippen molar-refractivity contribution in [3.05, 3.63) is 59.5 Å². The summed E-state index contributed by atoms with van der Waals surface area (Å²) in [7, 11) is 0. The second kappa shape index (κ2) is 9.51. The number of carbonyl (C=O) groups excluding carboxylic acids is 1. The number of hydrogen-bond donors (Lipinski definition) is 2. The van der Waals surface area contributed by atoms with Crippen molar-refractivity contribution in [2.45, 2.75) is 31.4 Å². The number of anilines is 2. The first-order valence-corrected chi connectivity index (χ1v) is 13.3. The molecule has 194 valence electrons. The number of nitrogens with one attached hydrogen (secondary N) is 1. The summed E-state index contributed by atoms with van der Waals surface area (Å²) in [5.41, 5.74) is 1.59. The molecule has 1 aromatic carbocycles. The second-order valence-electron chi connectivity index (χ2n) is 10.7. The lowest BCUT2D eigenvalue weighted by atomic mass is 9.95. The number of aliphatic hydroxyl groups is 1. The molecule has 3 fully saturated rings. The van der Waals surface area contributed by atoms with Crippen molar-refractivity contribution in [1.82, 2.24) is 14.9 Å². The Kier molecular flexibility index (Phi) is 6.31. The standard InChI is InChI=1S/C28H32ClN5O3/c1-17-25(21-5-3-4-6-30-21)26(17)27(36)32-24-13-18-12-22(20(29)11-19(18)14-31-24)33-7-9-34(10-8-33)28(2)16-37-15-23(28)35/h3-6,11-14,17,23,25-26,35H,7-10,15-16H2,1-2H3,(H,31,32,36)/t17-,23+,25+,26-,28-/m1/s1. The lowest BCUT2D eigenvalue weighted by Gasteiger charge is -2.45. The molecule has 2 N–H and O–H groups in total. The second-order valence-corrected chi connectivity index (χ2v) is 11.1. The van der Waals surface area contributed by atoms with Gasteiger partial charge in [0.1, 0.15) is 5.82 Å². The van der Waals surface area contributed by atoms with E-state index in [1.807, 2.05) is 30.3 Å². The van der Waals surface area contributed by atoms with Crippen molar-refractivity contribution < 1.29 is 14.6 Å². The van der Waals surface area contributed by atoms with E-state index in [2.05, 4.69) is 45.0 Å². The third kappa shape index (κ3) is 4.46. The van der Waals surface area contributed by atoms with Crippen LogP contribution in [0, 0.1) is 11.8 Å². The van der Waals surface area contributed by atoms with Crippen LogP contribution in [0.4, 0.5) is 11.5 Å². The zero-order valence-electron chi connectivity index (χ0n) is 21.1. The number of aromatic nitrogens is 2. The Labute approximate surface area is 221 Å². The van der Waals surface area contributed by atoms with Gasteiger partial charge in [0.2, 0.25) is 5.91 Å². The van der Waals surface area contributed by atoms with Crippen LogP contribution < -0.4 is 10.2 Å². The van der Waals surface area contributed by atoms with Gasteiger partial charge in [-0.2, -0.15) is 0 Å². The number of hydrogen-bond acceptors (Lipinski definition) is 7. The summed E-state index contributed by atoms with van der Waals surface area (Å²) in [6.07, 6.45) is 3.06. The molecule has 0 radical (unpaired) electrons. The van der Waals surface area contributed by atoms with Gasteiger partial charge in [-0.15, -0.1) is 0 Å². The van der Waals surface area contributed by atoms with Crippen LogP contribution in [0.5, 0.6) is 0 Å². The molecule has 0 bridgehead atoms. The number of rotatable bonds is 5. The fraction of sp³-hybridized carbons (Fsp3) is 0.464. The quantitative estimate of drug-likeness (QED) is 0.530. The molecule has 0 unspecified atom stereocenters. The fourth-order valence-electron chi connectivity index (χ4n) is 5.98. The third-order valence-corrected chi connectivity index (χ3v) is 8.78. The Morgan fingerprint density at radius 2 is 1.97 bits per heavy atom. The van der Waals surface area contributed by atoms with E-state index < -0.39 is 6.10 Å². The predicted octanol–water partition coefficient (Wildman–Crippen LogP) is 3.54. The van der Waals surface area contributed by atoms with Crippen LogP contribution in [-0.2, 0) is 9.53 Å². The minimum Gasteiger partial charge on any atom is -0.389 e. The zero-order chi connectivity index (χ0) is 25.7. The van der Waals surface area contributed by atoms with Gasteiger partial charge in [-0.05, 0) is 48.6 Å². The van der Waals surface area contributed by atoms with E-state index in [0.717, 1.165) is 48.3 Å². The van der Waals surface area contributed by atoms with Crippen LogP contribution in [-0.4, -0.2) is 76.9 Å². The molecule has 3 aromatic rings. The number of benzene rings is 1. The molecule has 2 aromatic heterocycles. The average molecular weight is 522 g/mol. The molecule has 2 saturated heterocycles. The maximum absolute atomic E-state index is 13.0. The molecule has 37 heavy (non-hydrogen) atoms. The molecule has 0 spiro atoms. The van der Waals surface area contributed by atoms with Gasteiger partial charge in [-0.1, -0.05) is 24.6 Å². The molecular formula is C28H32ClN5O3. The van der Waals surface area contributed by atoms with Crippen LogP contribution in [0.15, 0.2) is 48.8 Å². The smallest absolute Gasteiger partial charge is 0.229 e. The number of halogens is 1. The Morgan fingerprint density at radius 3 is 2.68 bits per heavy atom. The van der Waals surface area contributed by atoms with Crippen molar-refractivity contribution in [3.8, 4) is 0 Å². The molecule has 8 nitrogen and oxygen atoms in total. The molecule has 1 amide bonds. The number of pyridine rings is 2. The van der Waals surface area contributed by atoms with E-state index >= 15 is 0 Å². The number of amides is 1. The van der Waals surface area contributed by atoms with E-state index in [1.165, 1.54) is 0 Å². The fourth-order valence-corrected chi connectivity index (χ4v) is 6.27. The highest BCUT2D eigenvalue weighted by Crippen LogP contribution is 2.53. The number of fused-ring (bicyclic) bond motifs is 1. The van der Waals surface area contributed by atoms with Gasteiger partial charge in [0.15, 0.2) is 0 Å². The van der Waals surface area contributed by atoms with Crippen molar-refractivity contribution in [2.24, 2.45) is 11.8 Å². The predicted molar refractivity (Wildman–Crippen MR) is 144 cm³/mol. The van der Waals surface area contributed by atoms with Crippen LogP contribution in [0.25, 0.3) is 10.8 Å². The van der Waals surface area contributed by atoms with Crippen molar-refractivity contribution in [1.29, 1.82) is 0 Å². The normalized spacial score (nSPS) is 30.0. The molecule has 2 aliphatic heterocycles. The lowest BCUT2D eigenvalue weighted by Crippen LogP contribution is -2.60. The van der Waals surface area contributed by atoms with Crippen LogP contribution >= 0.6 is 11.6 Å². The van der Waals surface area contributed by atoms with E-state index in [4.69, 9.17) is 16.3 Å². The minimum absolute atomic E-state index is 0.0214. The van der Waals surface area contributed by atoms with Gasteiger partial charge < -0.3 is 20.1 Å². The highest BCUT2D eigenvalue weighted by Gasteiger charge is 2.53. The number of piperazine rings is 1. The number of ether oxygens (including phenoxy) is 1. The summed E-state index contributed by atoms with van der Waals surface area (Å²) in [6, 6.07) is 11.8. The van der Waals surface area contributed by atoms with Crippen molar-refractivity contribution in [2.75, 3.05) is 49.6 Å². The topological polar surface area (TPSA) is 90.8 Å². The largest absolute Gasteiger partial charge is 0.389 e. The van der Waals surface area contributed by atoms with Gasteiger partial charge in [-0.3, -0.25) is 14.7 Å². The highest BCUT2D eigenvalue weighted by atomic mass is 35.5. The highest BCUT2D eigenvalue weighted by molar-refractivity contribution is 6.34. The minimum atomic E-state index is -0.470. The average Bonchev–Trinajstić information content (AvgIpc) is 3.47. The first kappa shape index (κ1) is 24.6. The molecule has 6 rings (SSSR count). The van der Waals surface area contributed by atoms with Gasteiger partial charge in [-0.25, -0.2) is 4.98 Å². The van der Waals surface area contributed by atoms with E-state index in [0.29, 0.717) is 24.1 Å². The summed E-state index contributed by atoms with van der Waals surface area (Å²) in [5, 5.41) is 16.0. The van der Waals surface area contributed by atoms with Gasteiger partial charge in [0.25, 0.3) is 0 Å². The van der Waals surface area contributed by atoms with Crippen LogP contribution in [0.2, 0.25) is 5.02 Å². The summed E-state index contributed by atoms with van der Waals surface area (Å²) in [6.45, 7) is 8.35. The Morgan fingerprint density at radius 1 is 1.16 bits per heavy atom. The van der Waals surface area contributed by atoms with Crippen LogP contribution in [0.3, 0.4) is 0 Å². The SMILES string of the molecule is C[C@H]1[C@@H](C(=O)Nc2cc3cc(N4CCN([C@]5(C)COC[C@@H]5O)CC4)c(Cl)cc3cn2)[C@@H]1c1ccccn1. The molecule has 1 saturated carbocycles. The maximum Gasteiger partial charge on any atom is 0.229 e. The third-order valence-electron chi connectivity index (χ3n) is 8.48. The van der Waals surface area contributed by atoms with Gasteiger partial charge >= 0.3 is 0 Å². The summed E-state index contributed by atoms with van der Waals surface area (Å²) < 4.78 is 5.53. The van der Waals surface area contributed by atoms with Gasteiger partial charge in [0, 0.05) is 55.6 Å². The van der Waals surface area contributed by atoms with Crippen molar-refractivity contribution in [3.63, 3.8) is 0 Å². The number of nitrogens with zero attached hydrogens (tertiary/aromatic N) is 4. The summed E-state index contributed by atoms with van der Waals surface area (Å²) in [5.74, 6) is 0.808. The molecule has 9 heteroatoms. The molecule has 4 heterocycles. The number of carbonyl (C=O) groups is 1. The molecule has 3 aliphatic rings. The Balaban J connectivity index is 1.16. The molecule has 1 aliphatic carbocycles. The number of aliphatic hydroxyl groups excluding tert-OH is 1. The van der Waals surface area contributed by atoms with Crippen LogP contribution in [0.1, 0.15) is 25.5 Å². The van der Waals surface area contributed by atoms with Crippen molar-refractivity contribution >= 4 is 39.8 Å². The maximum atomic E-state index is 13.0. The van der Waals surface area contributed by atoms with Gasteiger partial charge in [0.05, 0.1) is 41.5 Å². The zero-order valence-corrected chi connectivity index (χ0v) is 21.9. The molecule has 5 atom stereocenters. The van der Waals surface area contributed by atoms with E-state index in [9.17, 15) is 9.90 Å². The Hall–Kier alpha value is -2.78. The van der Waals surface area contributed by atoms with E-state index in [1.54, 1.807) is 12.4 Å².